The third kappa shape index (κ3) is 3.80. The van der Waals surface area contributed by atoms with Crippen LogP contribution in [-0.4, -0.2) is 17.8 Å². The van der Waals surface area contributed by atoms with E-state index in [1.807, 2.05) is 50.2 Å². The molecule has 3 aromatic carbocycles. The van der Waals surface area contributed by atoms with Crippen LogP contribution >= 0.6 is 23.2 Å². The first kappa shape index (κ1) is 20.8. The topological polar surface area (TPSA) is 74.4 Å². The molecule has 4 N–H and O–H groups in total. The maximum Gasteiger partial charge on any atom is 0.259 e. The van der Waals surface area contributed by atoms with Gasteiger partial charge in [-0.3, -0.25) is 4.79 Å². The Labute approximate surface area is 196 Å². The number of carbonyl (C=O) groups is 1. The summed E-state index contributed by atoms with van der Waals surface area (Å²) < 4.78 is 6.21. The molecule has 1 atom stereocenters. The Morgan fingerprint density at radius 2 is 1.78 bits per heavy atom. The number of para-hydroxylation sites is 2. The SMILES string of the molecule is CC1(C)Cc2c3c(cc(C(=O)Nc4ccccc4)c2O1)NC(Nc1c(Cl)cccc1Cl)N3. The number of hydrogen-bond donors (Lipinski definition) is 4. The highest BCUT2D eigenvalue weighted by atomic mass is 35.5. The van der Waals surface area contributed by atoms with Gasteiger partial charge in [-0.25, -0.2) is 0 Å². The fourth-order valence-electron chi connectivity index (χ4n) is 4.10. The highest BCUT2D eigenvalue weighted by molar-refractivity contribution is 6.39. The predicted molar refractivity (Wildman–Crippen MR) is 130 cm³/mol. The normalized spacial score (nSPS) is 17.4. The van der Waals surface area contributed by atoms with Gasteiger partial charge in [0.25, 0.3) is 5.91 Å². The van der Waals surface area contributed by atoms with E-state index in [1.165, 1.54) is 0 Å². The first-order chi connectivity index (χ1) is 15.3. The van der Waals surface area contributed by atoms with E-state index in [2.05, 4.69) is 21.3 Å². The summed E-state index contributed by atoms with van der Waals surface area (Å²) in [5.41, 5.74) is 4.10. The summed E-state index contributed by atoms with van der Waals surface area (Å²) in [6.45, 7) is 4.03. The molecule has 2 heterocycles. The number of ether oxygens (including phenoxy) is 1. The second-order valence-corrected chi connectivity index (χ2v) is 9.29. The van der Waals surface area contributed by atoms with Crippen molar-refractivity contribution < 1.29 is 9.53 Å². The van der Waals surface area contributed by atoms with Crippen LogP contribution in [0.2, 0.25) is 10.0 Å². The summed E-state index contributed by atoms with van der Waals surface area (Å²) in [7, 11) is 0. The molecule has 5 rings (SSSR count). The van der Waals surface area contributed by atoms with Crippen molar-refractivity contribution in [2.24, 2.45) is 0 Å². The summed E-state index contributed by atoms with van der Waals surface area (Å²) in [4.78, 5) is 13.2. The number of fused-ring (bicyclic) bond motifs is 3. The van der Waals surface area contributed by atoms with E-state index in [0.717, 1.165) is 22.6 Å². The standard InChI is InChI=1S/C24H22Cl2N4O2/c1-24(2)12-15-19-18(28-23(29-19)30-20-16(25)9-6-10-17(20)26)11-14(21(15)32-24)22(31)27-13-7-4-3-5-8-13/h3-11,23,28-30H,12H2,1-2H3,(H,27,31). The van der Waals surface area contributed by atoms with Crippen LogP contribution in [0.1, 0.15) is 29.8 Å². The van der Waals surface area contributed by atoms with Crippen LogP contribution in [0.15, 0.2) is 54.6 Å². The van der Waals surface area contributed by atoms with E-state index >= 15 is 0 Å². The molecular formula is C24H22Cl2N4O2. The van der Waals surface area contributed by atoms with Gasteiger partial charge in [0.1, 0.15) is 11.4 Å². The maximum absolute atomic E-state index is 13.2. The van der Waals surface area contributed by atoms with E-state index < -0.39 is 5.60 Å². The van der Waals surface area contributed by atoms with Gasteiger partial charge < -0.3 is 26.0 Å². The van der Waals surface area contributed by atoms with Crippen LogP contribution in [0.5, 0.6) is 5.75 Å². The van der Waals surface area contributed by atoms with Crippen molar-refractivity contribution in [2.75, 3.05) is 21.3 Å². The third-order valence-corrected chi connectivity index (χ3v) is 6.11. The minimum absolute atomic E-state index is 0.222. The summed E-state index contributed by atoms with van der Waals surface area (Å²) in [6.07, 6.45) is 0.313. The molecule has 3 aromatic rings. The molecule has 0 bridgehead atoms. The van der Waals surface area contributed by atoms with Gasteiger partial charge in [-0.2, -0.15) is 0 Å². The van der Waals surface area contributed by atoms with Gasteiger partial charge in [-0.05, 0) is 44.2 Å². The Balaban J connectivity index is 1.48. The van der Waals surface area contributed by atoms with Crippen LogP contribution in [0.25, 0.3) is 0 Å². The first-order valence-corrected chi connectivity index (χ1v) is 11.1. The van der Waals surface area contributed by atoms with Gasteiger partial charge in [0, 0.05) is 17.7 Å². The molecule has 1 unspecified atom stereocenters. The summed E-state index contributed by atoms with van der Waals surface area (Å²) >= 11 is 12.6. The van der Waals surface area contributed by atoms with Crippen molar-refractivity contribution in [1.29, 1.82) is 0 Å². The van der Waals surface area contributed by atoms with Crippen molar-refractivity contribution in [3.05, 3.63) is 75.8 Å². The molecule has 0 spiro atoms. The quantitative estimate of drug-likeness (QED) is 0.367. The molecule has 2 aliphatic rings. The van der Waals surface area contributed by atoms with E-state index in [9.17, 15) is 4.79 Å². The summed E-state index contributed by atoms with van der Waals surface area (Å²) in [5, 5.41) is 14.1. The lowest BCUT2D eigenvalue weighted by Crippen LogP contribution is -2.31. The molecule has 0 aliphatic carbocycles. The zero-order valence-electron chi connectivity index (χ0n) is 17.6. The molecule has 32 heavy (non-hydrogen) atoms. The number of nitrogens with one attached hydrogen (secondary N) is 4. The number of hydrogen-bond acceptors (Lipinski definition) is 5. The van der Waals surface area contributed by atoms with Crippen LogP contribution < -0.4 is 26.0 Å². The molecular weight excluding hydrogens is 447 g/mol. The molecule has 0 radical (unpaired) electrons. The van der Waals surface area contributed by atoms with E-state index in [1.54, 1.807) is 18.2 Å². The number of amides is 1. The van der Waals surface area contributed by atoms with Gasteiger partial charge in [0.15, 0.2) is 6.29 Å². The van der Waals surface area contributed by atoms with Gasteiger partial charge in [0.05, 0.1) is 32.7 Å². The number of benzene rings is 3. The molecule has 0 saturated heterocycles. The maximum atomic E-state index is 13.2. The highest BCUT2D eigenvalue weighted by Gasteiger charge is 2.39. The number of anilines is 4. The molecule has 0 fully saturated rings. The highest BCUT2D eigenvalue weighted by Crippen LogP contribution is 2.48. The summed E-state index contributed by atoms with van der Waals surface area (Å²) in [5.74, 6) is 0.383. The van der Waals surface area contributed by atoms with E-state index in [-0.39, 0.29) is 12.2 Å². The minimum Gasteiger partial charge on any atom is -0.486 e. The van der Waals surface area contributed by atoms with Crippen molar-refractivity contribution in [2.45, 2.75) is 32.2 Å². The zero-order valence-corrected chi connectivity index (χ0v) is 19.1. The fraction of sp³-hybridized carbons (Fsp3) is 0.208. The summed E-state index contributed by atoms with van der Waals surface area (Å²) in [6, 6.07) is 16.5. The molecule has 1 amide bonds. The van der Waals surface area contributed by atoms with Gasteiger partial charge in [-0.15, -0.1) is 0 Å². The second-order valence-electron chi connectivity index (χ2n) is 8.48. The molecule has 2 aliphatic heterocycles. The van der Waals surface area contributed by atoms with Crippen LogP contribution in [-0.2, 0) is 6.42 Å². The average Bonchev–Trinajstić information content (AvgIpc) is 3.30. The van der Waals surface area contributed by atoms with Gasteiger partial charge in [-0.1, -0.05) is 47.5 Å². The lowest BCUT2D eigenvalue weighted by molar-refractivity contribution is 0.101. The third-order valence-electron chi connectivity index (χ3n) is 5.48. The van der Waals surface area contributed by atoms with Gasteiger partial charge in [0.2, 0.25) is 0 Å². The predicted octanol–water partition coefficient (Wildman–Crippen LogP) is 6.19. The Bertz CT molecular complexity index is 1190. The number of carbonyl (C=O) groups excluding carboxylic acids is 1. The first-order valence-electron chi connectivity index (χ1n) is 10.3. The smallest absolute Gasteiger partial charge is 0.259 e. The van der Waals surface area contributed by atoms with Crippen molar-refractivity contribution in [3.63, 3.8) is 0 Å². The van der Waals surface area contributed by atoms with Crippen molar-refractivity contribution >= 4 is 51.9 Å². The Morgan fingerprint density at radius 1 is 1.06 bits per heavy atom. The number of rotatable bonds is 4. The average molecular weight is 469 g/mol. The minimum atomic E-state index is -0.418. The molecule has 164 valence electrons. The van der Waals surface area contributed by atoms with Crippen LogP contribution in [0.4, 0.5) is 22.7 Å². The van der Waals surface area contributed by atoms with Gasteiger partial charge >= 0.3 is 0 Å². The fourth-order valence-corrected chi connectivity index (χ4v) is 4.61. The largest absolute Gasteiger partial charge is 0.486 e. The monoisotopic (exact) mass is 468 g/mol. The zero-order chi connectivity index (χ0) is 22.5. The van der Waals surface area contributed by atoms with Crippen molar-refractivity contribution in [3.8, 4) is 5.75 Å². The Hall–Kier alpha value is -3.09. The Kier molecular flexibility index (Phi) is 5.07. The Morgan fingerprint density at radius 3 is 2.50 bits per heavy atom. The second kappa shape index (κ2) is 7.80. The molecule has 0 saturated carbocycles. The van der Waals surface area contributed by atoms with Crippen LogP contribution in [0.3, 0.4) is 0 Å². The number of halogens is 2. The lowest BCUT2D eigenvalue weighted by atomic mass is 9.97. The molecule has 8 heteroatoms. The molecule has 0 aromatic heterocycles. The van der Waals surface area contributed by atoms with E-state index in [4.69, 9.17) is 27.9 Å². The van der Waals surface area contributed by atoms with Crippen molar-refractivity contribution in [1.82, 2.24) is 0 Å². The lowest BCUT2D eigenvalue weighted by Gasteiger charge is -2.19. The van der Waals surface area contributed by atoms with E-state index in [0.29, 0.717) is 33.5 Å². The molecule has 6 nitrogen and oxygen atoms in total. The van der Waals surface area contributed by atoms with Crippen LogP contribution in [0, 0.1) is 0 Å².